The molecule has 17 heavy (non-hydrogen) atoms. The van der Waals surface area contributed by atoms with Crippen LogP contribution < -0.4 is 5.73 Å². The van der Waals surface area contributed by atoms with Crippen molar-refractivity contribution in [1.29, 1.82) is 0 Å². The standard InChI is InChI=1S/C10H10N2O3S2/c1-14-9(13)8-6(2-3-15-8)5-16-7-4-12-10(11)17-7/h2-4H,5H2,1H3,(H2,11,12). The Bertz CT molecular complexity index is 521. The summed E-state index contributed by atoms with van der Waals surface area (Å²) in [6.45, 7) is 0. The molecule has 2 heterocycles. The van der Waals surface area contributed by atoms with Crippen LogP contribution in [0.15, 0.2) is 27.2 Å². The van der Waals surface area contributed by atoms with Gasteiger partial charge in [-0.3, -0.25) is 0 Å². The first-order chi connectivity index (χ1) is 8.20. The van der Waals surface area contributed by atoms with Crippen molar-refractivity contribution in [3.05, 3.63) is 29.9 Å². The van der Waals surface area contributed by atoms with E-state index in [0.29, 0.717) is 10.9 Å². The summed E-state index contributed by atoms with van der Waals surface area (Å²) in [5.74, 6) is 0.398. The third-order valence-corrected chi connectivity index (χ3v) is 4.06. The number of nitrogens with two attached hydrogens (primary N) is 1. The molecule has 0 aliphatic carbocycles. The molecule has 2 aromatic rings. The first-order valence-electron chi connectivity index (χ1n) is 4.69. The maximum atomic E-state index is 11.4. The maximum absolute atomic E-state index is 11.4. The van der Waals surface area contributed by atoms with Crippen LogP contribution in [0.5, 0.6) is 0 Å². The van der Waals surface area contributed by atoms with Crippen LogP contribution in [0.25, 0.3) is 0 Å². The predicted molar refractivity (Wildman–Crippen MR) is 66.1 cm³/mol. The number of carbonyl (C=O) groups excluding carboxylic acids is 1. The molecule has 2 N–H and O–H groups in total. The van der Waals surface area contributed by atoms with Gasteiger partial charge in [-0.2, -0.15) is 0 Å². The van der Waals surface area contributed by atoms with E-state index in [2.05, 4.69) is 9.72 Å². The van der Waals surface area contributed by atoms with E-state index in [9.17, 15) is 4.79 Å². The van der Waals surface area contributed by atoms with Gasteiger partial charge in [-0.15, -0.1) is 11.8 Å². The van der Waals surface area contributed by atoms with E-state index < -0.39 is 5.97 Å². The molecule has 7 heteroatoms. The van der Waals surface area contributed by atoms with Gasteiger partial charge in [-0.1, -0.05) is 11.3 Å². The molecule has 0 amide bonds. The number of nitrogen functional groups attached to an aromatic ring is 1. The van der Waals surface area contributed by atoms with Crippen molar-refractivity contribution in [2.75, 3.05) is 12.8 Å². The van der Waals surface area contributed by atoms with Crippen molar-refractivity contribution in [1.82, 2.24) is 4.98 Å². The Morgan fingerprint density at radius 2 is 2.53 bits per heavy atom. The van der Waals surface area contributed by atoms with Crippen molar-refractivity contribution in [2.24, 2.45) is 0 Å². The minimum Gasteiger partial charge on any atom is -0.463 e. The number of aromatic nitrogens is 1. The molecule has 0 saturated carbocycles. The van der Waals surface area contributed by atoms with Crippen molar-refractivity contribution >= 4 is 34.2 Å². The number of ether oxygens (including phenoxy) is 1. The van der Waals surface area contributed by atoms with Gasteiger partial charge in [-0.25, -0.2) is 9.78 Å². The lowest BCUT2D eigenvalue weighted by Crippen LogP contribution is -2.02. The van der Waals surface area contributed by atoms with Gasteiger partial charge < -0.3 is 14.9 Å². The average Bonchev–Trinajstić information content (AvgIpc) is 2.94. The molecule has 0 aliphatic rings. The molecule has 0 unspecified atom stereocenters. The molecule has 0 fully saturated rings. The topological polar surface area (TPSA) is 78.3 Å². The van der Waals surface area contributed by atoms with Crippen molar-refractivity contribution in [3.8, 4) is 0 Å². The van der Waals surface area contributed by atoms with Gasteiger partial charge in [0.1, 0.15) is 0 Å². The Morgan fingerprint density at radius 1 is 1.71 bits per heavy atom. The zero-order valence-electron chi connectivity index (χ0n) is 9.00. The summed E-state index contributed by atoms with van der Waals surface area (Å²) in [5, 5.41) is 0.535. The van der Waals surface area contributed by atoms with Crippen LogP contribution >= 0.6 is 23.1 Å². The van der Waals surface area contributed by atoms with E-state index in [1.165, 1.54) is 24.7 Å². The molecule has 2 aromatic heterocycles. The summed E-state index contributed by atoms with van der Waals surface area (Å²) in [5.41, 5.74) is 6.33. The fraction of sp³-hybridized carbons (Fsp3) is 0.200. The zero-order valence-corrected chi connectivity index (χ0v) is 10.6. The summed E-state index contributed by atoms with van der Waals surface area (Å²) in [4.78, 5) is 15.3. The van der Waals surface area contributed by atoms with Crippen LogP contribution in [0.1, 0.15) is 16.1 Å². The number of furan rings is 1. The van der Waals surface area contributed by atoms with Crippen LogP contribution in [-0.2, 0) is 10.5 Å². The highest BCUT2D eigenvalue weighted by Crippen LogP contribution is 2.30. The van der Waals surface area contributed by atoms with E-state index in [1.807, 2.05) is 0 Å². The zero-order chi connectivity index (χ0) is 12.3. The van der Waals surface area contributed by atoms with Crippen molar-refractivity contribution < 1.29 is 13.9 Å². The lowest BCUT2D eigenvalue weighted by atomic mass is 10.3. The fourth-order valence-electron chi connectivity index (χ4n) is 1.21. The van der Waals surface area contributed by atoms with Gasteiger partial charge in [0.05, 0.1) is 23.8 Å². The van der Waals surface area contributed by atoms with Crippen LogP contribution in [0.2, 0.25) is 0 Å². The van der Waals surface area contributed by atoms with E-state index >= 15 is 0 Å². The molecule has 0 aliphatic heterocycles. The van der Waals surface area contributed by atoms with E-state index in [1.54, 1.807) is 24.0 Å². The Labute approximate surface area is 106 Å². The van der Waals surface area contributed by atoms with Crippen molar-refractivity contribution in [2.45, 2.75) is 9.96 Å². The number of esters is 1. The van der Waals surface area contributed by atoms with Crippen LogP contribution in [0.3, 0.4) is 0 Å². The summed E-state index contributed by atoms with van der Waals surface area (Å²) < 4.78 is 10.7. The molecule has 5 nitrogen and oxygen atoms in total. The molecule has 0 aromatic carbocycles. The normalized spacial score (nSPS) is 10.4. The number of carbonyl (C=O) groups is 1. The van der Waals surface area contributed by atoms with E-state index in [4.69, 9.17) is 10.2 Å². The number of methoxy groups -OCH3 is 1. The van der Waals surface area contributed by atoms with Gasteiger partial charge in [-0.05, 0) is 6.07 Å². The van der Waals surface area contributed by atoms with E-state index in [-0.39, 0.29) is 5.76 Å². The Balaban J connectivity index is 2.04. The quantitative estimate of drug-likeness (QED) is 0.679. The minimum atomic E-state index is -0.464. The monoisotopic (exact) mass is 270 g/mol. The molecule has 2 rings (SSSR count). The second-order valence-electron chi connectivity index (χ2n) is 3.07. The molecule has 0 radical (unpaired) electrons. The highest BCUT2D eigenvalue weighted by Gasteiger charge is 2.16. The third-order valence-electron chi connectivity index (χ3n) is 1.99. The molecule has 90 valence electrons. The lowest BCUT2D eigenvalue weighted by Gasteiger charge is -1.99. The molecular formula is C10H10N2O3S2. The highest BCUT2D eigenvalue weighted by atomic mass is 32.2. The number of anilines is 1. The lowest BCUT2D eigenvalue weighted by molar-refractivity contribution is 0.0564. The Hall–Kier alpha value is -1.47. The molecule has 0 spiro atoms. The van der Waals surface area contributed by atoms with Gasteiger partial charge in [0.2, 0.25) is 5.76 Å². The number of thioether (sulfide) groups is 1. The number of thiazole rings is 1. The summed E-state index contributed by atoms with van der Waals surface area (Å²) in [6.07, 6.45) is 3.19. The average molecular weight is 270 g/mol. The first kappa shape index (κ1) is 12.0. The van der Waals surface area contributed by atoms with Gasteiger partial charge >= 0.3 is 5.97 Å². The van der Waals surface area contributed by atoms with Gasteiger partial charge in [0.15, 0.2) is 5.13 Å². The number of nitrogens with zero attached hydrogens (tertiary/aromatic N) is 1. The smallest absolute Gasteiger partial charge is 0.374 e. The number of hydrogen-bond donors (Lipinski definition) is 1. The van der Waals surface area contributed by atoms with Crippen LogP contribution in [0, 0.1) is 0 Å². The van der Waals surface area contributed by atoms with E-state index in [0.717, 1.165) is 9.77 Å². The number of rotatable bonds is 4. The maximum Gasteiger partial charge on any atom is 0.374 e. The molecule has 0 bridgehead atoms. The Morgan fingerprint density at radius 3 is 3.18 bits per heavy atom. The van der Waals surface area contributed by atoms with Gasteiger partial charge in [0, 0.05) is 11.3 Å². The Kier molecular flexibility index (Phi) is 3.70. The fourth-order valence-corrected chi connectivity index (χ4v) is 2.95. The predicted octanol–water partition coefficient (Wildman–Crippen LogP) is 2.40. The molecule has 0 atom stereocenters. The third kappa shape index (κ3) is 2.80. The molecular weight excluding hydrogens is 260 g/mol. The largest absolute Gasteiger partial charge is 0.463 e. The second-order valence-corrected chi connectivity index (χ2v) is 5.41. The van der Waals surface area contributed by atoms with Crippen LogP contribution in [0.4, 0.5) is 5.13 Å². The minimum absolute atomic E-state index is 0.248. The summed E-state index contributed by atoms with van der Waals surface area (Å²) in [7, 11) is 1.33. The summed E-state index contributed by atoms with van der Waals surface area (Å²) >= 11 is 2.96. The molecule has 0 saturated heterocycles. The highest BCUT2D eigenvalue weighted by molar-refractivity contribution is 8.00. The van der Waals surface area contributed by atoms with Gasteiger partial charge in [0.25, 0.3) is 0 Å². The number of hydrogen-bond acceptors (Lipinski definition) is 7. The van der Waals surface area contributed by atoms with Crippen molar-refractivity contribution in [3.63, 3.8) is 0 Å². The second kappa shape index (κ2) is 5.24. The summed E-state index contributed by atoms with van der Waals surface area (Å²) in [6, 6.07) is 1.75. The first-order valence-corrected chi connectivity index (χ1v) is 6.49. The van der Waals surface area contributed by atoms with Crippen LogP contribution in [-0.4, -0.2) is 18.1 Å². The SMILES string of the molecule is COC(=O)c1occc1CSc1cnc(N)s1.